The third kappa shape index (κ3) is 6.22. The quantitative estimate of drug-likeness (QED) is 0.832. The molecule has 1 aromatic rings. The molecule has 0 atom stereocenters. The fraction of sp³-hybridized carbons (Fsp3) is 0.467. The normalized spacial score (nSPS) is 11.6. The van der Waals surface area contributed by atoms with Crippen LogP contribution in [0.15, 0.2) is 23.1 Å². The van der Waals surface area contributed by atoms with Crippen molar-refractivity contribution in [3.8, 4) is 0 Å². The number of pyridine rings is 1. The molecule has 0 saturated carbocycles. The zero-order valence-corrected chi connectivity index (χ0v) is 12.4. The van der Waals surface area contributed by atoms with E-state index in [1.165, 1.54) is 0 Å². The van der Waals surface area contributed by atoms with E-state index in [4.69, 9.17) is 4.74 Å². The van der Waals surface area contributed by atoms with E-state index in [-0.39, 0.29) is 5.56 Å². The Morgan fingerprint density at radius 3 is 2.80 bits per heavy atom. The molecular formula is C15H22N2O3. The second kappa shape index (κ2) is 6.93. The average Bonchev–Trinajstić information content (AvgIpc) is 2.30. The fourth-order valence-corrected chi connectivity index (χ4v) is 1.52. The maximum Gasteiger partial charge on any atom is 0.407 e. The van der Waals surface area contributed by atoms with Crippen LogP contribution < -0.4 is 10.9 Å². The van der Waals surface area contributed by atoms with Crippen LogP contribution in [0, 0.1) is 6.92 Å². The lowest BCUT2D eigenvalue weighted by Crippen LogP contribution is -2.32. The first-order chi connectivity index (χ1) is 9.28. The molecule has 0 aliphatic carbocycles. The molecule has 0 aromatic carbocycles. The molecular weight excluding hydrogens is 256 g/mol. The predicted octanol–water partition coefficient (Wildman–Crippen LogP) is 2.61. The molecule has 5 nitrogen and oxygen atoms in total. The molecule has 1 amide bonds. The van der Waals surface area contributed by atoms with Gasteiger partial charge in [-0.05, 0) is 45.7 Å². The standard InChI is InChI=1S/C15H22N2O3/c1-11-9-12(13(18)17-10-11)7-5-6-8-16-14(19)20-15(2,3)4/h5,7,9-10H,6,8H2,1-4H3,(H,16,19)(H,17,18). The summed E-state index contributed by atoms with van der Waals surface area (Å²) in [6.45, 7) is 7.83. The summed E-state index contributed by atoms with van der Waals surface area (Å²) < 4.78 is 5.11. The molecule has 0 saturated heterocycles. The van der Waals surface area contributed by atoms with Crippen molar-refractivity contribution >= 4 is 12.2 Å². The lowest BCUT2D eigenvalue weighted by atomic mass is 10.2. The van der Waals surface area contributed by atoms with Gasteiger partial charge in [-0.15, -0.1) is 0 Å². The lowest BCUT2D eigenvalue weighted by molar-refractivity contribution is 0.0529. The Balaban J connectivity index is 2.38. The minimum absolute atomic E-state index is 0.119. The number of aromatic nitrogens is 1. The van der Waals surface area contributed by atoms with Crippen LogP contribution in [0.2, 0.25) is 0 Å². The van der Waals surface area contributed by atoms with E-state index >= 15 is 0 Å². The van der Waals surface area contributed by atoms with Crippen LogP contribution >= 0.6 is 0 Å². The van der Waals surface area contributed by atoms with Gasteiger partial charge in [0.1, 0.15) is 5.60 Å². The van der Waals surface area contributed by atoms with Gasteiger partial charge in [0, 0.05) is 18.3 Å². The predicted molar refractivity (Wildman–Crippen MR) is 79.7 cm³/mol. The zero-order chi connectivity index (χ0) is 15.2. The number of hydrogen-bond acceptors (Lipinski definition) is 3. The molecule has 0 bridgehead atoms. The van der Waals surface area contributed by atoms with Crippen molar-refractivity contribution in [2.45, 2.75) is 39.7 Å². The summed E-state index contributed by atoms with van der Waals surface area (Å²) in [4.78, 5) is 25.5. The Morgan fingerprint density at radius 2 is 2.15 bits per heavy atom. The monoisotopic (exact) mass is 278 g/mol. The van der Waals surface area contributed by atoms with Gasteiger partial charge in [-0.25, -0.2) is 4.79 Å². The van der Waals surface area contributed by atoms with Gasteiger partial charge in [0.05, 0.1) is 0 Å². The van der Waals surface area contributed by atoms with Crippen molar-refractivity contribution in [3.05, 3.63) is 39.8 Å². The van der Waals surface area contributed by atoms with Gasteiger partial charge in [-0.3, -0.25) is 4.79 Å². The van der Waals surface area contributed by atoms with Gasteiger partial charge < -0.3 is 15.0 Å². The highest BCUT2D eigenvalue weighted by molar-refractivity contribution is 5.67. The summed E-state index contributed by atoms with van der Waals surface area (Å²) in [6, 6.07) is 1.82. The number of aryl methyl sites for hydroxylation is 1. The number of aromatic amines is 1. The van der Waals surface area contributed by atoms with Gasteiger partial charge in [-0.1, -0.05) is 12.2 Å². The number of ether oxygens (including phenoxy) is 1. The third-order valence-electron chi connectivity index (χ3n) is 2.35. The van der Waals surface area contributed by atoms with Crippen molar-refractivity contribution in [1.29, 1.82) is 0 Å². The number of alkyl carbamates (subject to hydrolysis) is 1. The highest BCUT2D eigenvalue weighted by Crippen LogP contribution is 2.06. The molecule has 2 N–H and O–H groups in total. The zero-order valence-electron chi connectivity index (χ0n) is 12.4. The minimum atomic E-state index is -0.491. The molecule has 0 radical (unpaired) electrons. The molecule has 0 unspecified atom stereocenters. The van der Waals surface area contributed by atoms with Crippen molar-refractivity contribution in [1.82, 2.24) is 10.3 Å². The van der Waals surface area contributed by atoms with Crippen LogP contribution in [0.3, 0.4) is 0 Å². The van der Waals surface area contributed by atoms with E-state index in [9.17, 15) is 9.59 Å². The van der Waals surface area contributed by atoms with Crippen LogP contribution in [-0.2, 0) is 4.74 Å². The Hall–Kier alpha value is -2.04. The molecule has 5 heteroatoms. The van der Waals surface area contributed by atoms with Crippen LogP contribution in [0.4, 0.5) is 4.79 Å². The summed E-state index contributed by atoms with van der Waals surface area (Å²) >= 11 is 0. The number of carbonyl (C=O) groups excluding carboxylic acids is 1. The van der Waals surface area contributed by atoms with E-state index in [1.807, 2.05) is 39.8 Å². The van der Waals surface area contributed by atoms with Crippen LogP contribution in [0.25, 0.3) is 6.08 Å². The van der Waals surface area contributed by atoms with E-state index in [2.05, 4.69) is 10.3 Å². The van der Waals surface area contributed by atoms with Gasteiger partial charge in [0.15, 0.2) is 0 Å². The average molecular weight is 278 g/mol. The summed E-state index contributed by atoms with van der Waals surface area (Å²) in [5.41, 5.74) is 1.000. The summed E-state index contributed by atoms with van der Waals surface area (Å²) in [5, 5.41) is 2.65. The first kappa shape index (κ1) is 16.0. The second-order valence-corrected chi connectivity index (χ2v) is 5.58. The van der Waals surface area contributed by atoms with E-state index < -0.39 is 11.7 Å². The molecule has 1 aromatic heterocycles. The highest BCUT2D eigenvalue weighted by atomic mass is 16.6. The number of H-pyrrole nitrogens is 1. The van der Waals surface area contributed by atoms with Crippen molar-refractivity contribution in [2.75, 3.05) is 6.54 Å². The highest BCUT2D eigenvalue weighted by Gasteiger charge is 2.15. The van der Waals surface area contributed by atoms with Crippen molar-refractivity contribution in [2.24, 2.45) is 0 Å². The number of nitrogens with one attached hydrogen (secondary N) is 2. The molecule has 0 aliphatic heterocycles. The van der Waals surface area contributed by atoms with Gasteiger partial charge >= 0.3 is 6.09 Å². The Morgan fingerprint density at radius 1 is 1.45 bits per heavy atom. The Labute approximate surface area is 119 Å². The SMILES string of the molecule is Cc1c[nH]c(=O)c(C=CCCNC(=O)OC(C)(C)C)c1. The topological polar surface area (TPSA) is 71.2 Å². The Kier molecular flexibility index (Phi) is 5.55. The molecule has 1 rings (SSSR count). The van der Waals surface area contributed by atoms with E-state index in [1.54, 1.807) is 12.3 Å². The van der Waals surface area contributed by atoms with Crippen LogP contribution in [-0.4, -0.2) is 23.2 Å². The summed E-state index contributed by atoms with van der Waals surface area (Å²) in [7, 11) is 0. The van der Waals surface area contributed by atoms with E-state index in [0.717, 1.165) is 5.56 Å². The van der Waals surface area contributed by atoms with Crippen LogP contribution in [0.5, 0.6) is 0 Å². The maximum absolute atomic E-state index is 11.5. The first-order valence-electron chi connectivity index (χ1n) is 6.61. The van der Waals surface area contributed by atoms with Gasteiger partial charge in [0.25, 0.3) is 5.56 Å². The number of rotatable bonds is 4. The van der Waals surface area contributed by atoms with Crippen molar-refractivity contribution in [3.63, 3.8) is 0 Å². The van der Waals surface area contributed by atoms with E-state index in [0.29, 0.717) is 18.5 Å². The molecule has 110 valence electrons. The third-order valence-corrected chi connectivity index (χ3v) is 2.35. The number of hydrogen-bond donors (Lipinski definition) is 2. The Bertz CT molecular complexity index is 539. The summed E-state index contributed by atoms with van der Waals surface area (Å²) in [5.74, 6) is 0. The molecule has 0 spiro atoms. The number of amides is 1. The first-order valence-corrected chi connectivity index (χ1v) is 6.61. The largest absolute Gasteiger partial charge is 0.444 e. The molecule has 0 aliphatic rings. The molecule has 0 fully saturated rings. The van der Waals surface area contributed by atoms with Gasteiger partial charge in [-0.2, -0.15) is 0 Å². The van der Waals surface area contributed by atoms with Crippen LogP contribution in [0.1, 0.15) is 38.3 Å². The number of carbonyl (C=O) groups is 1. The lowest BCUT2D eigenvalue weighted by Gasteiger charge is -2.19. The minimum Gasteiger partial charge on any atom is -0.444 e. The molecule has 20 heavy (non-hydrogen) atoms. The fourth-order valence-electron chi connectivity index (χ4n) is 1.52. The second-order valence-electron chi connectivity index (χ2n) is 5.58. The van der Waals surface area contributed by atoms with Crippen molar-refractivity contribution < 1.29 is 9.53 Å². The maximum atomic E-state index is 11.5. The van der Waals surface area contributed by atoms with Gasteiger partial charge in [0.2, 0.25) is 0 Å². The smallest absolute Gasteiger partial charge is 0.407 e. The summed E-state index contributed by atoms with van der Waals surface area (Å²) in [6.07, 6.45) is 5.47. The molecule has 1 heterocycles.